The van der Waals surface area contributed by atoms with Gasteiger partial charge in [0.25, 0.3) is 0 Å². The van der Waals surface area contributed by atoms with Gasteiger partial charge < -0.3 is 10.6 Å². The van der Waals surface area contributed by atoms with Crippen molar-refractivity contribution in [1.29, 1.82) is 0 Å². The van der Waals surface area contributed by atoms with E-state index in [1.54, 1.807) is 0 Å². The van der Waals surface area contributed by atoms with Crippen molar-refractivity contribution in [3.8, 4) is 0 Å². The first kappa shape index (κ1) is 12.2. The minimum Gasteiger partial charge on any atom is -0.378 e. The van der Waals surface area contributed by atoms with E-state index >= 15 is 0 Å². The molecule has 1 rings (SSSR count). The van der Waals surface area contributed by atoms with Crippen LogP contribution in [0.15, 0.2) is 43.0 Å². The van der Waals surface area contributed by atoms with Gasteiger partial charge in [0.15, 0.2) is 0 Å². The van der Waals surface area contributed by atoms with Gasteiger partial charge in [-0.3, -0.25) is 4.79 Å². The average molecular weight is 192 g/mol. The van der Waals surface area contributed by atoms with Crippen molar-refractivity contribution in [3.05, 3.63) is 43.0 Å². The molecule has 0 saturated heterocycles. The summed E-state index contributed by atoms with van der Waals surface area (Å²) in [4.78, 5) is 11.6. The van der Waals surface area contributed by atoms with E-state index in [9.17, 15) is 4.79 Å². The largest absolute Gasteiger partial charge is 0.378 e. The van der Waals surface area contributed by atoms with Crippen LogP contribution < -0.4 is 10.6 Å². The molecule has 1 amide bonds. The molecule has 1 aromatic rings. The van der Waals surface area contributed by atoms with Gasteiger partial charge in [0, 0.05) is 19.8 Å². The summed E-state index contributed by atoms with van der Waals surface area (Å²) in [5.41, 5.74) is 5.78. The van der Waals surface area contributed by atoms with Crippen LogP contribution in [0.5, 0.6) is 0 Å². The third-order valence-electron chi connectivity index (χ3n) is 1.47. The molecule has 0 aliphatic rings. The molecule has 0 unspecified atom stereocenters. The molecule has 2 N–H and O–H groups in total. The Kier molecular flexibility index (Phi) is 5.87. The third kappa shape index (κ3) is 5.83. The number of carbonyl (C=O) groups excluding carboxylic acids is 1. The molecule has 0 saturated carbocycles. The fourth-order valence-corrected chi connectivity index (χ4v) is 0.726. The maximum Gasteiger partial charge on any atom is 0.240 e. The second kappa shape index (κ2) is 6.71. The van der Waals surface area contributed by atoms with Gasteiger partial charge in [0.1, 0.15) is 0 Å². The summed E-state index contributed by atoms with van der Waals surface area (Å²) < 4.78 is 0. The highest BCUT2D eigenvalue weighted by Crippen LogP contribution is 2.07. The van der Waals surface area contributed by atoms with E-state index in [0.717, 1.165) is 6.08 Å². The van der Waals surface area contributed by atoms with Crippen molar-refractivity contribution in [2.24, 2.45) is 5.73 Å². The SMILES string of the molecule is C=CC(N)=O.CN(C)c1ccccc1. The lowest BCUT2D eigenvalue weighted by atomic mass is 10.3. The van der Waals surface area contributed by atoms with Crippen molar-refractivity contribution in [2.75, 3.05) is 19.0 Å². The van der Waals surface area contributed by atoms with E-state index in [0.29, 0.717) is 0 Å². The quantitative estimate of drug-likeness (QED) is 0.720. The molecule has 0 radical (unpaired) electrons. The van der Waals surface area contributed by atoms with Gasteiger partial charge in [-0.2, -0.15) is 0 Å². The van der Waals surface area contributed by atoms with Crippen LogP contribution in [0, 0.1) is 0 Å². The Labute approximate surface area is 84.8 Å². The summed E-state index contributed by atoms with van der Waals surface area (Å²) in [6.45, 7) is 3.09. The molecule has 76 valence electrons. The van der Waals surface area contributed by atoms with E-state index in [1.807, 2.05) is 32.3 Å². The van der Waals surface area contributed by atoms with Crippen LogP contribution in [0.4, 0.5) is 5.69 Å². The molecular formula is C11H16N2O. The molecule has 0 heterocycles. The topological polar surface area (TPSA) is 46.3 Å². The molecule has 0 spiro atoms. The number of nitrogens with zero attached hydrogens (tertiary/aromatic N) is 1. The summed E-state index contributed by atoms with van der Waals surface area (Å²) in [5.74, 6) is -0.481. The van der Waals surface area contributed by atoms with Crippen LogP contribution in [-0.4, -0.2) is 20.0 Å². The number of amides is 1. The van der Waals surface area contributed by atoms with E-state index in [2.05, 4.69) is 29.3 Å². The predicted octanol–water partition coefficient (Wildman–Crippen LogP) is 1.41. The summed E-state index contributed by atoms with van der Waals surface area (Å²) >= 11 is 0. The predicted molar refractivity (Wildman–Crippen MR) is 60.2 cm³/mol. The van der Waals surface area contributed by atoms with E-state index in [1.165, 1.54) is 5.69 Å². The number of nitrogens with two attached hydrogens (primary N) is 1. The Bertz CT molecular complexity index is 281. The Balaban J connectivity index is 0.000000292. The van der Waals surface area contributed by atoms with Crippen molar-refractivity contribution in [1.82, 2.24) is 0 Å². The minimum absolute atomic E-state index is 0.481. The van der Waals surface area contributed by atoms with Gasteiger partial charge in [-0.1, -0.05) is 24.8 Å². The first-order valence-electron chi connectivity index (χ1n) is 4.22. The second-order valence-electron chi connectivity index (χ2n) is 2.84. The van der Waals surface area contributed by atoms with Crippen LogP contribution in [0.1, 0.15) is 0 Å². The Morgan fingerprint density at radius 1 is 1.36 bits per heavy atom. The van der Waals surface area contributed by atoms with Crippen molar-refractivity contribution >= 4 is 11.6 Å². The lowest BCUT2D eigenvalue weighted by Gasteiger charge is -2.10. The fraction of sp³-hybridized carbons (Fsp3) is 0.182. The van der Waals surface area contributed by atoms with Gasteiger partial charge in [0.2, 0.25) is 5.91 Å². The molecular weight excluding hydrogens is 176 g/mol. The van der Waals surface area contributed by atoms with Gasteiger partial charge in [-0.25, -0.2) is 0 Å². The maximum atomic E-state index is 9.47. The number of anilines is 1. The summed E-state index contributed by atoms with van der Waals surface area (Å²) in [7, 11) is 4.07. The normalized spacial score (nSPS) is 8.14. The number of rotatable bonds is 2. The summed E-state index contributed by atoms with van der Waals surface area (Å²) in [5, 5.41) is 0. The number of carbonyl (C=O) groups is 1. The number of hydrogen-bond donors (Lipinski definition) is 1. The monoisotopic (exact) mass is 192 g/mol. The highest BCUT2D eigenvalue weighted by atomic mass is 16.1. The average Bonchev–Trinajstić information content (AvgIpc) is 2.20. The second-order valence-corrected chi connectivity index (χ2v) is 2.84. The first-order chi connectivity index (χ1) is 6.57. The minimum atomic E-state index is -0.481. The highest BCUT2D eigenvalue weighted by molar-refractivity contribution is 5.84. The van der Waals surface area contributed by atoms with Crippen LogP contribution in [0.25, 0.3) is 0 Å². The zero-order chi connectivity index (χ0) is 11.0. The number of benzene rings is 1. The zero-order valence-electron chi connectivity index (χ0n) is 8.60. The Morgan fingerprint density at radius 3 is 2.00 bits per heavy atom. The van der Waals surface area contributed by atoms with Gasteiger partial charge in [-0.05, 0) is 18.2 Å². The molecule has 0 atom stereocenters. The molecule has 0 bridgehead atoms. The molecule has 0 aromatic heterocycles. The van der Waals surface area contributed by atoms with Gasteiger partial charge >= 0.3 is 0 Å². The standard InChI is InChI=1S/C8H11N.C3H5NO/c1-9(2)8-6-4-3-5-7-8;1-2-3(4)5/h3-7H,1-2H3;2H,1H2,(H2,4,5). The molecule has 0 aliphatic carbocycles. The Hall–Kier alpha value is -1.77. The van der Waals surface area contributed by atoms with E-state index in [4.69, 9.17) is 0 Å². The molecule has 3 nitrogen and oxygen atoms in total. The van der Waals surface area contributed by atoms with Crippen LogP contribution in [-0.2, 0) is 4.79 Å². The first-order valence-corrected chi connectivity index (χ1v) is 4.22. The molecule has 0 fully saturated rings. The molecule has 0 aliphatic heterocycles. The van der Waals surface area contributed by atoms with Crippen LogP contribution in [0.2, 0.25) is 0 Å². The van der Waals surface area contributed by atoms with E-state index in [-0.39, 0.29) is 0 Å². The van der Waals surface area contributed by atoms with Gasteiger partial charge in [0.05, 0.1) is 0 Å². The maximum absolute atomic E-state index is 9.47. The third-order valence-corrected chi connectivity index (χ3v) is 1.47. The zero-order valence-corrected chi connectivity index (χ0v) is 8.60. The summed E-state index contributed by atoms with van der Waals surface area (Å²) in [6, 6.07) is 10.3. The summed E-state index contributed by atoms with van der Waals surface area (Å²) in [6.07, 6.45) is 1.06. The lowest BCUT2D eigenvalue weighted by molar-refractivity contribution is -0.113. The highest BCUT2D eigenvalue weighted by Gasteiger charge is 1.87. The van der Waals surface area contributed by atoms with Crippen molar-refractivity contribution < 1.29 is 4.79 Å². The van der Waals surface area contributed by atoms with Crippen molar-refractivity contribution in [2.45, 2.75) is 0 Å². The molecule has 1 aromatic carbocycles. The fourth-order valence-electron chi connectivity index (χ4n) is 0.726. The molecule has 3 heteroatoms. The van der Waals surface area contributed by atoms with Crippen molar-refractivity contribution in [3.63, 3.8) is 0 Å². The lowest BCUT2D eigenvalue weighted by Crippen LogP contribution is -2.07. The van der Waals surface area contributed by atoms with Gasteiger partial charge in [-0.15, -0.1) is 0 Å². The van der Waals surface area contributed by atoms with Crippen LogP contribution >= 0.6 is 0 Å². The smallest absolute Gasteiger partial charge is 0.240 e. The number of primary amides is 1. The van der Waals surface area contributed by atoms with Crippen LogP contribution in [0.3, 0.4) is 0 Å². The number of para-hydroxylation sites is 1. The Morgan fingerprint density at radius 2 is 1.79 bits per heavy atom. The van der Waals surface area contributed by atoms with E-state index < -0.39 is 5.91 Å². The molecule has 14 heavy (non-hydrogen) atoms. The number of hydrogen-bond acceptors (Lipinski definition) is 2.